The van der Waals surface area contributed by atoms with Crippen molar-refractivity contribution in [3.8, 4) is 0 Å². The Bertz CT molecular complexity index is 642. The van der Waals surface area contributed by atoms with Gasteiger partial charge in [-0.2, -0.15) is 11.8 Å². The number of sulfone groups is 1. The lowest BCUT2D eigenvalue weighted by molar-refractivity contribution is 0.594. The molecule has 0 aromatic heterocycles. The molecule has 1 aromatic rings. The first kappa shape index (κ1) is 19.6. The van der Waals surface area contributed by atoms with Crippen LogP contribution in [0.15, 0.2) is 38.6 Å². The Morgan fingerprint density at radius 3 is 2.71 bits per heavy atom. The molecule has 8 heteroatoms. The van der Waals surface area contributed by atoms with Crippen molar-refractivity contribution in [2.45, 2.75) is 29.9 Å². The Hall–Kier alpha value is -0.730. The lowest BCUT2D eigenvalue weighted by atomic mass is 10.2. The standard InChI is InChI=1S/C16H24BrN3O2S2/c1-2-18-16(20-12-14-4-3-10-23-14)19-9-11-24(21,22)15-7-5-13(17)6-8-15/h5-8,14H,2-4,9-12H2,1H3,(H2,18,19,20). The van der Waals surface area contributed by atoms with Gasteiger partial charge in [0, 0.05) is 22.8 Å². The Morgan fingerprint density at radius 2 is 2.08 bits per heavy atom. The second-order valence-corrected chi connectivity index (χ2v) is 9.99. The van der Waals surface area contributed by atoms with E-state index in [0.717, 1.165) is 17.6 Å². The van der Waals surface area contributed by atoms with Crippen LogP contribution in [0, 0.1) is 0 Å². The molecular formula is C16H24BrN3O2S2. The van der Waals surface area contributed by atoms with Crippen molar-refractivity contribution in [2.24, 2.45) is 4.99 Å². The van der Waals surface area contributed by atoms with Crippen molar-refractivity contribution >= 4 is 43.5 Å². The van der Waals surface area contributed by atoms with E-state index in [4.69, 9.17) is 0 Å². The molecule has 1 unspecified atom stereocenters. The molecule has 0 radical (unpaired) electrons. The molecule has 1 aliphatic rings. The first-order valence-corrected chi connectivity index (χ1v) is 11.6. The number of rotatable bonds is 7. The van der Waals surface area contributed by atoms with Crippen molar-refractivity contribution in [2.75, 3.05) is 31.1 Å². The molecular weight excluding hydrogens is 410 g/mol. The SMILES string of the molecule is CCNC(=NCC1CCCS1)NCCS(=O)(=O)c1ccc(Br)cc1. The van der Waals surface area contributed by atoms with Crippen molar-refractivity contribution in [3.63, 3.8) is 0 Å². The largest absolute Gasteiger partial charge is 0.357 e. The summed E-state index contributed by atoms with van der Waals surface area (Å²) >= 11 is 5.28. The van der Waals surface area contributed by atoms with Crippen LogP contribution in [0.3, 0.4) is 0 Å². The summed E-state index contributed by atoms with van der Waals surface area (Å²) in [6.45, 7) is 3.87. The summed E-state index contributed by atoms with van der Waals surface area (Å²) in [5.41, 5.74) is 0. The van der Waals surface area contributed by atoms with Crippen molar-refractivity contribution in [1.82, 2.24) is 10.6 Å². The van der Waals surface area contributed by atoms with Crippen LogP contribution in [0.4, 0.5) is 0 Å². The molecule has 2 N–H and O–H groups in total. The van der Waals surface area contributed by atoms with E-state index in [-0.39, 0.29) is 5.75 Å². The number of halogens is 1. The summed E-state index contributed by atoms with van der Waals surface area (Å²) in [7, 11) is -3.29. The van der Waals surface area contributed by atoms with E-state index in [1.165, 1.54) is 18.6 Å². The molecule has 5 nitrogen and oxygen atoms in total. The summed E-state index contributed by atoms with van der Waals surface area (Å²) in [5, 5.41) is 6.88. The second-order valence-electron chi connectivity index (χ2n) is 5.55. The van der Waals surface area contributed by atoms with Crippen molar-refractivity contribution < 1.29 is 8.42 Å². The molecule has 2 rings (SSSR count). The highest BCUT2D eigenvalue weighted by Crippen LogP contribution is 2.26. The van der Waals surface area contributed by atoms with E-state index >= 15 is 0 Å². The second kappa shape index (κ2) is 9.68. The molecule has 0 amide bonds. The number of thioether (sulfide) groups is 1. The number of nitrogens with zero attached hydrogens (tertiary/aromatic N) is 1. The summed E-state index contributed by atoms with van der Waals surface area (Å²) in [6, 6.07) is 6.72. The molecule has 24 heavy (non-hydrogen) atoms. The fourth-order valence-corrected chi connectivity index (χ4v) is 4.99. The molecule has 0 aliphatic carbocycles. The quantitative estimate of drug-likeness (QED) is 0.510. The van der Waals surface area contributed by atoms with Crippen LogP contribution in [0.5, 0.6) is 0 Å². The Balaban J connectivity index is 1.86. The lowest BCUT2D eigenvalue weighted by Crippen LogP contribution is -2.40. The molecule has 1 saturated heterocycles. The van der Waals surface area contributed by atoms with Gasteiger partial charge < -0.3 is 10.6 Å². The van der Waals surface area contributed by atoms with Crippen LogP contribution in [-0.4, -0.2) is 50.8 Å². The zero-order valence-electron chi connectivity index (χ0n) is 13.8. The third-order valence-electron chi connectivity index (χ3n) is 3.66. The van der Waals surface area contributed by atoms with Gasteiger partial charge in [-0.3, -0.25) is 4.99 Å². The Kier molecular flexibility index (Phi) is 7.90. The summed E-state index contributed by atoms with van der Waals surface area (Å²) in [5.74, 6) is 1.95. The fraction of sp³-hybridized carbons (Fsp3) is 0.562. The molecule has 1 heterocycles. The average molecular weight is 434 g/mol. The van der Waals surface area contributed by atoms with Crippen molar-refractivity contribution in [3.05, 3.63) is 28.7 Å². The predicted molar refractivity (Wildman–Crippen MR) is 106 cm³/mol. The Labute approximate surface area is 157 Å². The Morgan fingerprint density at radius 1 is 1.33 bits per heavy atom. The van der Waals surface area contributed by atoms with E-state index in [0.29, 0.717) is 22.6 Å². The van der Waals surface area contributed by atoms with E-state index in [1.54, 1.807) is 24.3 Å². The van der Waals surface area contributed by atoms with Crippen LogP contribution in [0.2, 0.25) is 0 Å². The highest BCUT2D eigenvalue weighted by atomic mass is 79.9. The monoisotopic (exact) mass is 433 g/mol. The molecule has 134 valence electrons. The number of nitrogens with one attached hydrogen (secondary N) is 2. The molecule has 1 aliphatic heterocycles. The van der Waals surface area contributed by atoms with E-state index in [2.05, 4.69) is 31.6 Å². The van der Waals surface area contributed by atoms with Gasteiger partial charge in [0.15, 0.2) is 15.8 Å². The smallest absolute Gasteiger partial charge is 0.191 e. The minimum absolute atomic E-state index is 0.0389. The number of benzene rings is 1. The van der Waals surface area contributed by atoms with Gasteiger partial charge in [0.1, 0.15) is 0 Å². The third kappa shape index (κ3) is 6.29. The molecule has 1 atom stereocenters. The maximum Gasteiger partial charge on any atom is 0.191 e. The number of guanidine groups is 1. The minimum atomic E-state index is -3.29. The van der Waals surface area contributed by atoms with Gasteiger partial charge in [0.25, 0.3) is 0 Å². The van der Waals surface area contributed by atoms with E-state index in [1.807, 2.05) is 18.7 Å². The van der Waals surface area contributed by atoms with Gasteiger partial charge in [-0.25, -0.2) is 8.42 Å². The van der Waals surface area contributed by atoms with Crippen molar-refractivity contribution in [1.29, 1.82) is 0 Å². The summed E-state index contributed by atoms with van der Waals surface area (Å²) in [6.07, 6.45) is 2.48. The predicted octanol–water partition coefficient (Wildman–Crippen LogP) is 2.67. The molecule has 1 aromatic carbocycles. The molecule has 1 fully saturated rings. The highest BCUT2D eigenvalue weighted by molar-refractivity contribution is 9.10. The average Bonchev–Trinajstić information content (AvgIpc) is 3.06. The van der Waals surface area contributed by atoms with Crippen LogP contribution in [0.25, 0.3) is 0 Å². The van der Waals surface area contributed by atoms with Crippen LogP contribution < -0.4 is 10.6 Å². The number of hydrogen-bond acceptors (Lipinski definition) is 4. The minimum Gasteiger partial charge on any atom is -0.357 e. The number of aliphatic imine (C=N–C) groups is 1. The normalized spacial score (nSPS) is 18.6. The van der Waals surface area contributed by atoms with Crippen LogP contribution in [0.1, 0.15) is 19.8 Å². The van der Waals surface area contributed by atoms with Gasteiger partial charge in [0.2, 0.25) is 0 Å². The summed E-state index contributed by atoms with van der Waals surface area (Å²) < 4.78 is 25.5. The number of hydrogen-bond donors (Lipinski definition) is 2. The van der Waals surface area contributed by atoms with Crippen LogP contribution >= 0.6 is 27.7 Å². The lowest BCUT2D eigenvalue weighted by Gasteiger charge is -2.13. The van der Waals surface area contributed by atoms with E-state index < -0.39 is 9.84 Å². The van der Waals surface area contributed by atoms with Crippen LogP contribution in [-0.2, 0) is 9.84 Å². The highest BCUT2D eigenvalue weighted by Gasteiger charge is 2.16. The van der Waals surface area contributed by atoms with Gasteiger partial charge in [-0.05, 0) is 49.8 Å². The summed E-state index contributed by atoms with van der Waals surface area (Å²) in [4.78, 5) is 4.92. The zero-order valence-corrected chi connectivity index (χ0v) is 17.0. The van der Waals surface area contributed by atoms with E-state index in [9.17, 15) is 8.42 Å². The first-order chi connectivity index (χ1) is 11.5. The molecule has 0 bridgehead atoms. The van der Waals surface area contributed by atoms with Gasteiger partial charge in [-0.1, -0.05) is 15.9 Å². The molecule has 0 saturated carbocycles. The third-order valence-corrected chi connectivity index (χ3v) is 7.30. The van der Waals surface area contributed by atoms with Gasteiger partial charge in [0.05, 0.1) is 17.2 Å². The molecule has 0 spiro atoms. The topological polar surface area (TPSA) is 70.6 Å². The van der Waals surface area contributed by atoms with Gasteiger partial charge in [-0.15, -0.1) is 0 Å². The zero-order chi connectivity index (χ0) is 17.4. The maximum atomic E-state index is 12.3. The fourth-order valence-electron chi connectivity index (χ4n) is 2.39. The first-order valence-electron chi connectivity index (χ1n) is 8.13. The van der Waals surface area contributed by atoms with Gasteiger partial charge >= 0.3 is 0 Å². The maximum absolute atomic E-state index is 12.3.